The first-order chi connectivity index (χ1) is 7.63. The van der Waals surface area contributed by atoms with E-state index in [9.17, 15) is 4.79 Å². The lowest BCUT2D eigenvalue weighted by molar-refractivity contribution is -0.140. The number of ether oxygens (including phenoxy) is 1. The van der Waals surface area contributed by atoms with E-state index in [0.29, 0.717) is 25.8 Å². The van der Waals surface area contributed by atoms with E-state index in [1.807, 2.05) is 18.9 Å². The van der Waals surface area contributed by atoms with Crippen LogP contribution in [-0.2, 0) is 9.53 Å². The monoisotopic (exact) mass is 230 g/mol. The van der Waals surface area contributed by atoms with Crippen LogP contribution in [0.15, 0.2) is 0 Å². The molecule has 1 atom stereocenters. The van der Waals surface area contributed by atoms with Crippen LogP contribution in [0.4, 0.5) is 0 Å². The van der Waals surface area contributed by atoms with Crippen LogP contribution in [-0.4, -0.2) is 61.4 Å². The van der Waals surface area contributed by atoms with Crippen molar-refractivity contribution in [3.63, 3.8) is 0 Å². The standard InChI is InChI=1S/C11H22N2O3/c1-3-16-7-6-13(2)8-10(11(14)15)12-9-4-5-9/h9-10,12H,3-8H2,1-2H3,(H,14,15). The van der Waals surface area contributed by atoms with Gasteiger partial charge >= 0.3 is 5.97 Å². The molecule has 1 aliphatic rings. The Hall–Kier alpha value is -0.650. The van der Waals surface area contributed by atoms with Gasteiger partial charge in [-0.25, -0.2) is 0 Å². The molecular formula is C11H22N2O3. The molecule has 0 radical (unpaired) electrons. The number of nitrogens with zero attached hydrogens (tertiary/aromatic N) is 1. The molecule has 1 fully saturated rings. The molecule has 94 valence electrons. The maximum atomic E-state index is 11.0. The molecule has 0 bridgehead atoms. The highest BCUT2D eigenvalue weighted by Gasteiger charge is 2.28. The van der Waals surface area contributed by atoms with E-state index in [1.165, 1.54) is 0 Å². The Morgan fingerprint density at radius 2 is 2.31 bits per heavy atom. The minimum atomic E-state index is -0.768. The van der Waals surface area contributed by atoms with E-state index in [-0.39, 0.29) is 0 Å². The van der Waals surface area contributed by atoms with Gasteiger partial charge in [-0.2, -0.15) is 0 Å². The molecule has 1 rings (SSSR count). The van der Waals surface area contributed by atoms with Crippen molar-refractivity contribution in [2.75, 3.05) is 33.4 Å². The van der Waals surface area contributed by atoms with Gasteiger partial charge in [0, 0.05) is 25.7 Å². The van der Waals surface area contributed by atoms with Crippen molar-refractivity contribution in [3.8, 4) is 0 Å². The van der Waals surface area contributed by atoms with Gasteiger partial charge in [-0.1, -0.05) is 0 Å². The van der Waals surface area contributed by atoms with Crippen molar-refractivity contribution < 1.29 is 14.6 Å². The number of carboxylic acid groups (broad SMARTS) is 1. The highest BCUT2D eigenvalue weighted by Crippen LogP contribution is 2.19. The van der Waals surface area contributed by atoms with Crippen molar-refractivity contribution in [1.29, 1.82) is 0 Å². The Morgan fingerprint density at radius 1 is 1.62 bits per heavy atom. The zero-order valence-corrected chi connectivity index (χ0v) is 10.1. The molecule has 0 aromatic heterocycles. The predicted molar refractivity (Wildman–Crippen MR) is 61.6 cm³/mol. The van der Waals surface area contributed by atoms with Crippen LogP contribution in [0.1, 0.15) is 19.8 Å². The molecule has 0 saturated heterocycles. The van der Waals surface area contributed by atoms with E-state index in [1.54, 1.807) is 0 Å². The normalized spacial score (nSPS) is 17.7. The van der Waals surface area contributed by atoms with Gasteiger partial charge in [-0.3, -0.25) is 4.79 Å². The summed E-state index contributed by atoms with van der Waals surface area (Å²) in [5.41, 5.74) is 0. The van der Waals surface area contributed by atoms with E-state index < -0.39 is 12.0 Å². The van der Waals surface area contributed by atoms with Gasteiger partial charge < -0.3 is 20.1 Å². The van der Waals surface area contributed by atoms with Crippen molar-refractivity contribution in [2.45, 2.75) is 31.8 Å². The highest BCUT2D eigenvalue weighted by molar-refractivity contribution is 5.73. The number of carboxylic acids is 1. The largest absolute Gasteiger partial charge is 0.480 e. The smallest absolute Gasteiger partial charge is 0.322 e. The molecule has 1 unspecified atom stereocenters. The molecule has 2 N–H and O–H groups in total. The fourth-order valence-electron chi connectivity index (χ4n) is 1.50. The Balaban J connectivity index is 2.20. The molecule has 0 heterocycles. The summed E-state index contributed by atoms with van der Waals surface area (Å²) in [6.45, 7) is 4.61. The third-order valence-electron chi connectivity index (χ3n) is 2.63. The summed E-state index contributed by atoms with van der Waals surface area (Å²) in [5.74, 6) is -0.768. The molecule has 0 spiro atoms. The molecule has 5 nitrogen and oxygen atoms in total. The lowest BCUT2D eigenvalue weighted by Gasteiger charge is -2.22. The molecule has 0 aliphatic heterocycles. The second-order valence-electron chi connectivity index (χ2n) is 4.29. The second kappa shape index (κ2) is 6.83. The molecule has 16 heavy (non-hydrogen) atoms. The number of aliphatic carboxylic acids is 1. The molecule has 5 heteroatoms. The first-order valence-electron chi connectivity index (χ1n) is 5.88. The van der Waals surface area contributed by atoms with E-state index in [2.05, 4.69) is 5.32 Å². The Bertz CT molecular complexity index is 219. The summed E-state index contributed by atoms with van der Waals surface area (Å²) < 4.78 is 5.23. The molecule has 1 aliphatic carbocycles. The van der Waals surface area contributed by atoms with Crippen LogP contribution in [0.2, 0.25) is 0 Å². The maximum Gasteiger partial charge on any atom is 0.322 e. The maximum absolute atomic E-state index is 11.0. The fourth-order valence-corrected chi connectivity index (χ4v) is 1.50. The van der Waals surface area contributed by atoms with Crippen LogP contribution in [0.3, 0.4) is 0 Å². The minimum absolute atomic E-state index is 0.418. The first kappa shape index (κ1) is 13.4. The highest BCUT2D eigenvalue weighted by atomic mass is 16.5. The number of likely N-dealkylation sites (N-methyl/N-ethyl adjacent to an activating group) is 1. The second-order valence-corrected chi connectivity index (χ2v) is 4.29. The summed E-state index contributed by atoms with van der Waals surface area (Å²) in [6, 6.07) is -0.0412. The van der Waals surface area contributed by atoms with Crippen LogP contribution >= 0.6 is 0 Å². The van der Waals surface area contributed by atoms with Gasteiger partial charge in [0.05, 0.1) is 6.61 Å². The molecule has 0 aromatic carbocycles. The molecule has 0 amide bonds. The topological polar surface area (TPSA) is 61.8 Å². The molecule has 0 aromatic rings. The number of rotatable bonds is 9. The lowest BCUT2D eigenvalue weighted by Crippen LogP contribution is -2.46. The fraction of sp³-hybridized carbons (Fsp3) is 0.909. The van der Waals surface area contributed by atoms with E-state index >= 15 is 0 Å². The van der Waals surface area contributed by atoms with Gasteiger partial charge in [-0.15, -0.1) is 0 Å². The van der Waals surface area contributed by atoms with E-state index in [4.69, 9.17) is 9.84 Å². The van der Waals surface area contributed by atoms with Gasteiger partial charge in [0.1, 0.15) is 6.04 Å². The SMILES string of the molecule is CCOCCN(C)CC(NC1CC1)C(=O)O. The lowest BCUT2D eigenvalue weighted by atomic mass is 10.2. The molecular weight excluding hydrogens is 208 g/mol. The summed E-state index contributed by atoms with van der Waals surface area (Å²) >= 11 is 0. The number of hydrogen-bond donors (Lipinski definition) is 2. The van der Waals surface area contributed by atoms with Gasteiger partial charge in [-0.05, 0) is 26.8 Å². The Morgan fingerprint density at radius 3 is 2.81 bits per heavy atom. The van der Waals surface area contributed by atoms with Gasteiger partial charge in [0.15, 0.2) is 0 Å². The zero-order chi connectivity index (χ0) is 12.0. The molecule has 1 saturated carbocycles. The summed E-state index contributed by atoms with van der Waals surface area (Å²) in [5, 5.41) is 12.2. The van der Waals surface area contributed by atoms with Crippen LogP contribution in [0.25, 0.3) is 0 Å². The summed E-state index contributed by atoms with van der Waals surface area (Å²) in [6.07, 6.45) is 2.21. The Kier molecular flexibility index (Phi) is 5.73. The third-order valence-corrected chi connectivity index (χ3v) is 2.63. The minimum Gasteiger partial charge on any atom is -0.480 e. The van der Waals surface area contributed by atoms with Crippen molar-refractivity contribution in [2.24, 2.45) is 0 Å². The van der Waals surface area contributed by atoms with E-state index in [0.717, 1.165) is 19.4 Å². The summed E-state index contributed by atoms with van der Waals surface area (Å²) in [4.78, 5) is 13.0. The number of carbonyl (C=O) groups is 1. The number of hydrogen-bond acceptors (Lipinski definition) is 4. The van der Waals surface area contributed by atoms with Gasteiger partial charge in [0.25, 0.3) is 0 Å². The van der Waals surface area contributed by atoms with Crippen LogP contribution in [0, 0.1) is 0 Å². The average Bonchev–Trinajstić information content (AvgIpc) is 3.01. The number of nitrogens with one attached hydrogen (secondary N) is 1. The first-order valence-corrected chi connectivity index (χ1v) is 5.88. The predicted octanol–water partition coefficient (Wildman–Crippen LogP) is 0.160. The van der Waals surface area contributed by atoms with Crippen molar-refractivity contribution in [3.05, 3.63) is 0 Å². The quantitative estimate of drug-likeness (QED) is 0.553. The van der Waals surface area contributed by atoms with Gasteiger partial charge in [0.2, 0.25) is 0 Å². The third kappa shape index (κ3) is 5.44. The van der Waals surface area contributed by atoms with Crippen LogP contribution in [0.5, 0.6) is 0 Å². The van der Waals surface area contributed by atoms with Crippen LogP contribution < -0.4 is 5.32 Å². The summed E-state index contributed by atoms with van der Waals surface area (Å²) in [7, 11) is 1.92. The Labute approximate surface area is 96.8 Å². The van der Waals surface area contributed by atoms with Crippen molar-refractivity contribution >= 4 is 5.97 Å². The van der Waals surface area contributed by atoms with Crippen molar-refractivity contribution in [1.82, 2.24) is 10.2 Å². The average molecular weight is 230 g/mol. The zero-order valence-electron chi connectivity index (χ0n) is 10.1.